The number of pyridine rings is 1. The summed E-state index contributed by atoms with van der Waals surface area (Å²) in [6.07, 6.45) is 3.77. The van der Waals surface area contributed by atoms with Crippen LogP contribution >= 0.6 is 0 Å². The second-order valence-corrected chi connectivity index (χ2v) is 5.42. The lowest BCUT2D eigenvalue weighted by atomic mass is 9.99. The molecule has 1 aliphatic heterocycles. The van der Waals surface area contributed by atoms with Gasteiger partial charge in [0.25, 0.3) is 0 Å². The van der Waals surface area contributed by atoms with E-state index in [0.29, 0.717) is 5.92 Å². The van der Waals surface area contributed by atoms with Crippen LogP contribution in [0.25, 0.3) is 17.0 Å². The van der Waals surface area contributed by atoms with Crippen LogP contribution in [0.15, 0.2) is 34.9 Å². The third-order valence-corrected chi connectivity index (χ3v) is 3.97. The monoisotopic (exact) mass is 283 g/mol. The van der Waals surface area contributed by atoms with Crippen LogP contribution in [-0.2, 0) is 4.74 Å². The molecule has 0 amide bonds. The minimum atomic E-state index is 0.387. The molecule has 5 heteroatoms. The molecule has 1 fully saturated rings. The highest BCUT2D eigenvalue weighted by Crippen LogP contribution is 2.31. The van der Waals surface area contributed by atoms with Crippen LogP contribution < -0.4 is 0 Å². The SMILES string of the molecule is Cc1ccc(-n2c(C3CCOCC3)nc3cccnc32)o1. The Balaban J connectivity index is 1.92. The predicted molar refractivity (Wildman–Crippen MR) is 78.7 cm³/mol. The van der Waals surface area contributed by atoms with Gasteiger partial charge in [0.2, 0.25) is 5.88 Å². The van der Waals surface area contributed by atoms with Crippen molar-refractivity contribution in [1.29, 1.82) is 0 Å². The maximum absolute atomic E-state index is 5.82. The molecule has 0 saturated carbocycles. The minimum absolute atomic E-state index is 0.387. The van der Waals surface area contributed by atoms with Crippen LogP contribution in [0.2, 0.25) is 0 Å². The summed E-state index contributed by atoms with van der Waals surface area (Å²) in [6, 6.07) is 7.87. The molecule has 0 aliphatic carbocycles. The number of aryl methyl sites for hydroxylation is 1. The van der Waals surface area contributed by atoms with E-state index in [-0.39, 0.29) is 0 Å². The van der Waals surface area contributed by atoms with Crippen LogP contribution in [0.5, 0.6) is 0 Å². The molecule has 0 bridgehead atoms. The van der Waals surface area contributed by atoms with Crippen LogP contribution in [0.4, 0.5) is 0 Å². The first-order chi connectivity index (χ1) is 10.3. The van der Waals surface area contributed by atoms with Crippen LogP contribution in [0.1, 0.15) is 30.3 Å². The molecule has 0 radical (unpaired) electrons. The zero-order chi connectivity index (χ0) is 14.2. The third kappa shape index (κ3) is 2.14. The molecule has 108 valence electrons. The van der Waals surface area contributed by atoms with E-state index in [2.05, 4.69) is 9.55 Å². The summed E-state index contributed by atoms with van der Waals surface area (Å²) in [5.41, 5.74) is 1.77. The van der Waals surface area contributed by atoms with E-state index in [1.807, 2.05) is 31.2 Å². The molecule has 1 saturated heterocycles. The van der Waals surface area contributed by atoms with Crippen LogP contribution in [-0.4, -0.2) is 27.7 Å². The number of hydrogen-bond acceptors (Lipinski definition) is 4. The quantitative estimate of drug-likeness (QED) is 0.724. The van der Waals surface area contributed by atoms with Gasteiger partial charge in [0.15, 0.2) is 5.65 Å². The van der Waals surface area contributed by atoms with Gasteiger partial charge in [-0.05, 0) is 38.0 Å². The second-order valence-electron chi connectivity index (χ2n) is 5.42. The summed E-state index contributed by atoms with van der Waals surface area (Å²) < 4.78 is 13.3. The number of ether oxygens (including phenoxy) is 1. The maximum atomic E-state index is 5.82. The highest BCUT2D eigenvalue weighted by atomic mass is 16.5. The Kier molecular flexibility index (Phi) is 3.00. The van der Waals surface area contributed by atoms with Gasteiger partial charge in [-0.2, -0.15) is 0 Å². The number of nitrogens with zero attached hydrogens (tertiary/aromatic N) is 3. The summed E-state index contributed by atoms with van der Waals surface area (Å²) in [5.74, 6) is 3.09. The first kappa shape index (κ1) is 12.6. The van der Waals surface area contributed by atoms with Crippen molar-refractivity contribution in [2.75, 3.05) is 13.2 Å². The van der Waals surface area contributed by atoms with E-state index in [4.69, 9.17) is 14.1 Å². The Bertz CT molecular complexity index is 769. The normalized spacial score (nSPS) is 16.6. The third-order valence-electron chi connectivity index (χ3n) is 3.97. The van der Waals surface area contributed by atoms with E-state index < -0.39 is 0 Å². The number of furan rings is 1. The Morgan fingerprint density at radius 2 is 2.05 bits per heavy atom. The summed E-state index contributed by atoms with van der Waals surface area (Å²) in [5, 5.41) is 0. The number of aromatic nitrogens is 3. The molecule has 0 aromatic carbocycles. The predicted octanol–water partition coefficient (Wildman–Crippen LogP) is 3.22. The average molecular weight is 283 g/mol. The molecular weight excluding hydrogens is 266 g/mol. The van der Waals surface area contributed by atoms with Crippen LogP contribution in [0, 0.1) is 6.92 Å². The summed E-state index contributed by atoms with van der Waals surface area (Å²) >= 11 is 0. The smallest absolute Gasteiger partial charge is 0.206 e. The molecule has 0 N–H and O–H groups in total. The maximum Gasteiger partial charge on any atom is 0.206 e. The van der Waals surface area contributed by atoms with Crippen molar-refractivity contribution in [3.63, 3.8) is 0 Å². The second kappa shape index (κ2) is 5.00. The molecular formula is C16H17N3O2. The molecule has 1 aliphatic rings. The average Bonchev–Trinajstić information content (AvgIpc) is 3.11. The van der Waals surface area contributed by atoms with E-state index in [1.165, 1.54) is 0 Å². The molecule has 3 aromatic heterocycles. The minimum Gasteiger partial charge on any atom is -0.445 e. The van der Waals surface area contributed by atoms with Gasteiger partial charge < -0.3 is 9.15 Å². The number of imidazole rings is 1. The van der Waals surface area contributed by atoms with E-state index in [1.54, 1.807) is 6.20 Å². The topological polar surface area (TPSA) is 53.1 Å². The van der Waals surface area contributed by atoms with Gasteiger partial charge in [0.1, 0.15) is 17.1 Å². The van der Waals surface area contributed by atoms with Crippen molar-refractivity contribution in [1.82, 2.24) is 14.5 Å². The summed E-state index contributed by atoms with van der Waals surface area (Å²) in [7, 11) is 0. The molecule has 21 heavy (non-hydrogen) atoms. The van der Waals surface area contributed by atoms with Crippen molar-refractivity contribution in [2.45, 2.75) is 25.7 Å². The molecule has 4 rings (SSSR count). The van der Waals surface area contributed by atoms with Gasteiger partial charge in [0.05, 0.1) is 0 Å². The van der Waals surface area contributed by atoms with Crippen LogP contribution in [0.3, 0.4) is 0 Å². The number of fused-ring (bicyclic) bond motifs is 1. The zero-order valence-corrected chi connectivity index (χ0v) is 12.0. The highest BCUT2D eigenvalue weighted by molar-refractivity contribution is 5.73. The van der Waals surface area contributed by atoms with E-state index in [0.717, 1.165) is 54.7 Å². The fourth-order valence-corrected chi connectivity index (χ4v) is 2.92. The fourth-order valence-electron chi connectivity index (χ4n) is 2.92. The Hall–Kier alpha value is -2.14. The lowest BCUT2D eigenvalue weighted by Crippen LogP contribution is -2.17. The zero-order valence-electron chi connectivity index (χ0n) is 12.0. The Labute approximate surface area is 122 Å². The molecule has 3 aromatic rings. The van der Waals surface area contributed by atoms with E-state index >= 15 is 0 Å². The van der Waals surface area contributed by atoms with Crippen molar-refractivity contribution in [2.24, 2.45) is 0 Å². The van der Waals surface area contributed by atoms with Gasteiger partial charge in [-0.15, -0.1) is 0 Å². The van der Waals surface area contributed by atoms with Crippen molar-refractivity contribution in [3.05, 3.63) is 42.0 Å². The van der Waals surface area contributed by atoms with Gasteiger partial charge >= 0.3 is 0 Å². The highest BCUT2D eigenvalue weighted by Gasteiger charge is 2.25. The molecule has 0 spiro atoms. The van der Waals surface area contributed by atoms with Crippen molar-refractivity contribution in [3.8, 4) is 5.88 Å². The molecule has 5 nitrogen and oxygen atoms in total. The largest absolute Gasteiger partial charge is 0.445 e. The van der Waals surface area contributed by atoms with Crippen molar-refractivity contribution >= 4 is 11.2 Å². The number of hydrogen-bond donors (Lipinski definition) is 0. The molecule has 0 unspecified atom stereocenters. The van der Waals surface area contributed by atoms with Gasteiger partial charge in [-0.3, -0.25) is 0 Å². The lowest BCUT2D eigenvalue weighted by molar-refractivity contribution is 0.0832. The van der Waals surface area contributed by atoms with Crippen molar-refractivity contribution < 1.29 is 9.15 Å². The summed E-state index contributed by atoms with van der Waals surface area (Å²) in [6.45, 7) is 3.53. The Morgan fingerprint density at radius 1 is 1.19 bits per heavy atom. The number of rotatable bonds is 2. The first-order valence-electron chi connectivity index (χ1n) is 7.31. The first-order valence-corrected chi connectivity index (χ1v) is 7.31. The lowest BCUT2D eigenvalue weighted by Gasteiger charge is -2.21. The molecule has 4 heterocycles. The van der Waals surface area contributed by atoms with Gasteiger partial charge in [0, 0.05) is 31.4 Å². The summed E-state index contributed by atoms with van der Waals surface area (Å²) in [4.78, 5) is 9.30. The van der Waals surface area contributed by atoms with E-state index in [9.17, 15) is 0 Å². The van der Waals surface area contributed by atoms with Gasteiger partial charge in [-0.25, -0.2) is 14.5 Å². The Morgan fingerprint density at radius 3 is 2.81 bits per heavy atom. The molecule has 0 atom stereocenters. The standard InChI is InChI=1S/C16H17N3O2/c1-11-4-5-14(21-11)19-15(12-6-9-20-10-7-12)18-13-3-2-8-17-16(13)19/h2-5,8,12H,6-7,9-10H2,1H3. The van der Waals surface area contributed by atoms with Gasteiger partial charge in [-0.1, -0.05) is 0 Å². The fraction of sp³-hybridized carbons (Fsp3) is 0.375.